The quantitative estimate of drug-likeness (QED) is 0.824. The predicted molar refractivity (Wildman–Crippen MR) is 81.4 cm³/mol. The van der Waals surface area contributed by atoms with Crippen molar-refractivity contribution in [3.8, 4) is 0 Å². The number of rotatable bonds is 6. The molecule has 1 rings (SSSR count). The number of nitrogens with one attached hydrogen (secondary N) is 1. The van der Waals surface area contributed by atoms with Crippen LogP contribution in [0.3, 0.4) is 0 Å². The van der Waals surface area contributed by atoms with E-state index in [0.29, 0.717) is 0 Å². The van der Waals surface area contributed by atoms with Crippen molar-refractivity contribution in [2.75, 3.05) is 7.05 Å². The molecule has 2 nitrogen and oxygen atoms in total. The highest BCUT2D eigenvalue weighted by atomic mass is 32.1. The van der Waals surface area contributed by atoms with E-state index in [1.54, 1.807) is 0 Å². The molecule has 0 saturated heterocycles. The topological polar surface area (TPSA) is 24.9 Å². The Hall–Kier alpha value is -0.410. The van der Waals surface area contributed by atoms with Gasteiger partial charge in [0.15, 0.2) is 0 Å². The minimum absolute atomic E-state index is 0.0736. The van der Waals surface area contributed by atoms with Gasteiger partial charge in [-0.1, -0.05) is 47.5 Å². The van der Waals surface area contributed by atoms with Crippen molar-refractivity contribution in [1.29, 1.82) is 0 Å². The second-order valence-corrected chi connectivity index (χ2v) is 6.94. The van der Waals surface area contributed by atoms with Gasteiger partial charge in [0, 0.05) is 10.8 Å². The Morgan fingerprint density at radius 1 is 1.28 bits per heavy atom. The minimum atomic E-state index is 0.0736. The standard InChI is InChI=1S/C15H28N2S/c1-7-9-10-15(8-2,16-6)13-17-12(11-18-13)14(3,4)5/h11,16H,7-10H2,1-6H3. The fourth-order valence-electron chi connectivity index (χ4n) is 2.16. The van der Waals surface area contributed by atoms with Gasteiger partial charge in [-0.05, 0) is 19.9 Å². The Bertz CT molecular complexity index is 359. The van der Waals surface area contributed by atoms with Gasteiger partial charge in [-0.15, -0.1) is 11.3 Å². The fourth-order valence-corrected chi connectivity index (χ4v) is 3.51. The zero-order chi connectivity index (χ0) is 13.8. The molecule has 1 unspecified atom stereocenters. The summed E-state index contributed by atoms with van der Waals surface area (Å²) in [7, 11) is 2.07. The van der Waals surface area contributed by atoms with Crippen LogP contribution in [-0.4, -0.2) is 12.0 Å². The molecule has 18 heavy (non-hydrogen) atoms. The van der Waals surface area contributed by atoms with E-state index in [1.807, 2.05) is 11.3 Å². The molecule has 0 aromatic carbocycles. The second kappa shape index (κ2) is 6.16. The van der Waals surface area contributed by atoms with Gasteiger partial charge in [0.1, 0.15) is 5.01 Å². The average Bonchev–Trinajstić information content (AvgIpc) is 2.81. The highest BCUT2D eigenvalue weighted by molar-refractivity contribution is 7.09. The van der Waals surface area contributed by atoms with Gasteiger partial charge in [-0.3, -0.25) is 0 Å². The first-order chi connectivity index (χ1) is 8.39. The normalized spacial score (nSPS) is 15.7. The first-order valence-electron chi connectivity index (χ1n) is 7.05. The molecule has 1 aromatic heterocycles. The lowest BCUT2D eigenvalue weighted by molar-refractivity contribution is 0.309. The van der Waals surface area contributed by atoms with E-state index in [9.17, 15) is 0 Å². The van der Waals surface area contributed by atoms with Crippen LogP contribution in [0, 0.1) is 0 Å². The second-order valence-electron chi connectivity index (χ2n) is 6.08. The van der Waals surface area contributed by atoms with Crippen LogP contribution >= 0.6 is 11.3 Å². The maximum Gasteiger partial charge on any atom is 0.113 e. The average molecular weight is 268 g/mol. The lowest BCUT2D eigenvalue weighted by Gasteiger charge is -2.30. The van der Waals surface area contributed by atoms with Crippen LogP contribution in [0.4, 0.5) is 0 Å². The summed E-state index contributed by atoms with van der Waals surface area (Å²) >= 11 is 1.81. The molecule has 1 aromatic rings. The van der Waals surface area contributed by atoms with Gasteiger partial charge >= 0.3 is 0 Å². The van der Waals surface area contributed by atoms with E-state index in [2.05, 4.69) is 52.4 Å². The Balaban J connectivity index is 3.02. The van der Waals surface area contributed by atoms with E-state index in [0.717, 1.165) is 6.42 Å². The third kappa shape index (κ3) is 3.33. The monoisotopic (exact) mass is 268 g/mol. The van der Waals surface area contributed by atoms with E-state index >= 15 is 0 Å². The van der Waals surface area contributed by atoms with Gasteiger partial charge in [0.2, 0.25) is 0 Å². The molecule has 0 fully saturated rings. The van der Waals surface area contributed by atoms with Crippen LogP contribution in [0.1, 0.15) is 71.0 Å². The van der Waals surface area contributed by atoms with Gasteiger partial charge in [-0.2, -0.15) is 0 Å². The van der Waals surface area contributed by atoms with Crippen molar-refractivity contribution in [3.63, 3.8) is 0 Å². The van der Waals surface area contributed by atoms with Crippen LogP contribution in [0.2, 0.25) is 0 Å². The molecule has 0 saturated carbocycles. The maximum absolute atomic E-state index is 4.90. The number of hydrogen-bond donors (Lipinski definition) is 1. The summed E-state index contributed by atoms with van der Waals surface area (Å²) in [5.41, 5.74) is 1.43. The fraction of sp³-hybridized carbons (Fsp3) is 0.800. The van der Waals surface area contributed by atoms with Crippen molar-refractivity contribution in [3.05, 3.63) is 16.1 Å². The van der Waals surface area contributed by atoms with Crippen molar-refractivity contribution in [2.24, 2.45) is 0 Å². The van der Waals surface area contributed by atoms with Crippen molar-refractivity contribution < 1.29 is 0 Å². The van der Waals surface area contributed by atoms with Gasteiger partial charge < -0.3 is 5.32 Å². The largest absolute Gasteiger partial charge is 0.308 e. The molecule has 0 amide bonds. The first-order valence-corrected chi connectivity index (χ1v) is 7.93. The van der Waals surface area contributed by atoms with E-state index in [1.165, 1.54) is 30.0 Å². The number of aromatic nitrogens is 1. The maximum atomic E-state index is 4.90. The smallest absolute Gasteiger partial charge is 0.113 e. The van der Waals surface area contributed by atoms with Crippen molar-refractivity contribution in [2.45, 2.75) is 71.3 Å². The zero-order valence-electron chi connectivity index (χ0n) is 12.8. The SMILES string of the molecule is CCCCC(CC)(NC)c1nc(C(C)(C)C)cs1. The molecule has 0 radical (unpaired) electrons. The van der Waals surface area contributed by atoms with Gasteiger partial charge in [0.05, 0.1) is 11.2 Å². The Morgan fingerprint density at radius 2 is 1.94 bits per heavy atom. The lowest BCUT2D eigenvalue weighted by Crippen LogP contribution is -2.39. The summed E-state index contributed by atoms with van der Waals surface area (Å²) < 4.78 is 0. The first kappa shape index (κ1) is 15.6. The Kier molecular flexibility index (Phi) is 5.35. The molecule has 1 atom stereocenters. The third-order valence-corrected chi connectivity index (χ3v) is 4.77. The summed E-state index contributed by atoms with van der Waals surface area (Å²) in [6.07, 6.45) is 4.76. The predicted octanol–water partition coefficient (Wildman–Crippen LogP) is 4.46. The van der Waals surface area contributed by atoms with Gasteiger partial charge in [0.25, 0.3) is 0 Å². The highest BCUT2D eigenvalue weighted by Gasteiger charge is 2.32. The summed E-state index contributed by atoms with van der Waals surface area (Å²) in [4.78, 5) is 4.90. The summed E-state index contributed by atoms with van der Waals surface area (Å²) in [5.74, 6) is 0. The van der Waals surface area contributed by atoms with Crippen LogP contribution in [-0.2, 0) is 11.0 Å². The molecule has 1 N–H and O–H groups in total. The molecule has 0 aliphatic carbocycles. The number of nitrogens with zero attached hydrogens (tertiary/aromatic N) is 1. The third-order valence-electron chi connectivity index (χ3n) is 3.72. The van der Waals surface area contributed by atoms with Crippen LogP contribution in [0.5, 0.6) is 0 Å². The highest BCUT2D eigenvalue weighted by Crippen LogP contribution is 2.35. The number of unbranched alkanes of at least 4 members (excludes halogenated alkanes) is 1. The molecule has 3 heteroatoms. The molecular formula is C15H28N2S. The van der Waals surface area contributed by atoms with E-state index in [4.69, 9.17) is 4.98 Å². The molecule has 0 aliphatic heterocycles. The Morgan fingerprint density at radius 3 is 2.33 bits per heavy atom. The van der Waals surface area contributed by atoms with E-state index < -0.39 is 0 Å². The zero-order valence-corrected chi connectivity index (χ0v) is 13.6. The van der Waals surface area contributed by atoms with Crippen LogP contribution in [0.15, 0.2) is 5.38 Å². The van der Waals surface area contributed by atoms with Crippen molar-refractivity contribution in [1.82, 2.24) is 10.3 Å². The van der Waals surface area contributed by atoms with Crippen LogP contribution in [0.25, 0.3) is 0 Å². The molecular weight excluding hydrogens is 240 g/mol. The summed E-state index contributed by atoms with van der Waals surface area (Å²) in [6, 6.07) is 0. The van der Waals surface area contributed by atoms with Crippen molar-refractivity contribution >= 4 is 11.3 Å². The molecule has 1 heterocycles. The Labute approximate surface area is 116 Å². The van der Waals surface area contributed by atoms with Gasteiger partial charge in [-0.25, -0.2) is 4.98 Å². The molecule has 0 bridgehead atoms. The number of hydrogen-bond acceptors (Lipinski definition) is 3. The molecule has 0 spiro atoms. The molecule has 104 valence electrons. The number of thiazole rings is 1. The minimum Gasteiger partial charge on any atom is -0.308 e. The summed E-state index contributed by atoms with van der Waals surface area (Å²) in [6.45, 7) is 11.2. The van der Waals surface area contributed by atoms with Crippen LogP contribution < -0.4 is 5.32 Å². The van der Waals surface area contributed by atoms with E-state index in [-0.39, 0.29) is 11.0 Å². The molecule has 0 aliphatic rings. The summed E-state index contributed by atoms with van der Waals surface area (Å²) in [5, 5.41) is 7.01. The lowest BCUT2D eigenvalue weighted by atomic mass is 9.89.